The Bertz CT molecular complexity index is 1260. The van der Waals surface area contributed by atoms with Crippen molar-refractivity contribution in [3.05, 3.63) is 72.1 Å². The maximum absolute atomic E-state index is 12.5. The summed E-state index contributed by atoms with van der Waals surface area (Å²) in [7, 11) is 0. The minimum atomic E-state index is -0.273. The number of hydrogen-bond donors (Lipinski definition) is 2. The predicted octanol–water partition coefficient (Wildman–Crippen LogP) is 3.14. The lowest BCUT2D eigenvalue weighted by Crippen LogP contribution is -2.36. The number of H-pyrrole nitrogens is 1. The summed E-state index contributed by atoms with van der Waals surface area (Å²) >= 11 is 0. The number of aromatic amines is 1. The number of carbonyl (C=O) groups is 1. The van der Waals surface area contributed by atoms with Crippen molar-refractivity contribution in [1.29, 1.82) is 0 Å². The van der Waals surface area contributed by atoms with E-state index >= 15 is 0 Å². The molecule has 4 aromatic rings. The van der Waals surface area contributed by atoms with Gasteiger partial charge in [-0.3, -0.25) is 4.79 Å². The minimum Gasteiger partial charge on any atom is -0.378 e. The van der Waals surface area contributed by atoms with Gasteiger partial charge in [0.25, 0.3) is 5.91 Å². The van der Waals surface area contributed by atoms with E-state index in [0.29, 0.717) is 6.54 Å². The molecule has 1 aliphatic heterocycles. The molecule has 168 valence electrons. The third-order valence-corrected chi connectivity index (χ3v) is 6.00. The van der Waals surface area contributed by atoms with Crippen LogP contribution in [0.2, 0.25) is 0 Å². The Labute approximate surface area is 192 Å². The zero-order valence-electron chi connectivity index (χ0n) is 18.5. The van der Waals surface area contributed by atoms with E-state index in [9.17, 15) is 4.79 Å². The molecule has 0 spiro atoms. The van der Waals surface area contributed by atoms with Gasteiger partial charge >= 0.3 is 0 Å². The maximum Gasteiger partial charge on any atom is 0.289 e. The number of nitrogens with zero attached hydrogens (tertiary/aromatic N) is 4. The third-order valence-electron chi connectivity index (χ3n) is 6.00. The average Bonchev–Trinajstić information content (AvgIpc) is 3.29. The van der Waals surface area contributed by atoms with Crippen molar-refractivity contribution >= 4 is 22.6 Å². The van der Waals surface area contributed by atoms with Crippen LogP contribution in [-0.4, -0.2) is 58.7 Å². The zero-order chi connectivity index (χ0) is 22.6. The van der Waals surface area contributed by atoms with Crippen LogP contribution in [-0.2, 0) is 11.2 Å². The highest BCUT2D eigenvalue weighted by Gasteiger charge is 2.16. The number of aromatic nitrogens is 4. The standard InChI is InChI=1S/C25H26N6O2/c1-17-4-2-3-5-18(17)6-7-26-25(32)24-27-13-19(14-28-24)22-16-30-23-21(22)12-20(15-29-23)31-8-10-33-11-9-31/h2-5,12-16H,6-11H2,1H3,(H,26,32)(H,29,30). The normalized spacial score (nSPS) is 13.9. The molecule has 0 unspecified atom stereocenters. The fourth-order valence-electron chi connectivity index (χ4n) is 4.09. The monoisotopic (exact) mass is 442 g/mol. The Hall–Kier alpha value is -3.78. The highest BCUT2D eigenvalue weighted by Crippen LogP contribution is 2.30. The fourth-order valence-corrected chi connectivity index (χ4v) is 4.09. The highest BCUT2D eigenvalue weighted by atomic mass is 16.5. The number of anilines is 1. The van der Waals surface area contributed by atoms with Gasteiger partial charge in [-0.05, 0) is 30.5 Å². The number of pyridine rings is 1. The summed E-state index contributed by atoms with van der Waals surface area (Å²) in [5, 5.41) is 3.90. The van der Waals surface area contributed by atoms with Crippen LogP contribution in [0.15, 0.2) is 55.1 Å². The first-order valence-electron chi connectivity index (χ1n) is 11.1. The molecule has 1 aliphatic rings. The first kappa shape index (κ1) is 21.1. The highest BCUT2D eigenvalue weighted by molar-refractivity contribution is 5.95. The summed E-state index contributed by atoms with van der Waals surface area (Å²) in [5.74, 6) is -0.110. The Morgan fingerprint density at radius 3 is 2.70 bits per heavy atom. The molecule has 8 heteroatoms. The molecule has 1 aromatic carbocycles. The number of hydrogen-bond acceptors (Lipinski definition) is 6. The Balaban J connectivity index is 1.28. The SMILES string of the molecule is Cc1ccccc1CCNC(=O)c1ncc(-c2c[nH]c3ncc(N4CCOCC4)cc23)cn1. The van der Waals surface area contributed by atoms with Crippen molar-refractivity contribution < 1.29 is 9.53 Å². The van der Waals surface area contributed by atoms with Gasteiger partial charge in [-0.2, -0.15) is 0 Å². The number of carbonyl (C=O) groups excluding carboxylic acids is 1. The zero-order valence-corrected chi connectivity index (χ0v) is 18.5. The molecule has 1 fully saturated rings. The van der Waals surface area contributed by atoms with Gasteiger partial charge in [0.15, 0.2) is 0 Å². The fraction of sp³-hybridized carbons (Fsp3) is 0.280. The second kappa shape index (κ2) is 9.38. The summed E-state index contributed by atoms with van der Waals surface area (Å²) in [4.78, 5) is 31.2. The molecule has 0 radical (unpaired) electrons. The van der Waals surface area contributed by atoms with Crippen molar-refractivity contribution in [3.8, 4) is 11.1 Å². The van der Waals surface area contributed by atoms with E-state index < -0.39 is 0 Å². The lowest BCUT2D eigenvalue weighted by atomic mass is 10.1. The second-order valence-corrected chi connectivity index (χ2v) is 8.12. The predicted molar refractivity (Wildman–Crippen MR) is 127 cm³/mol. The van der Waals surface area contributed by atoms with Gasteiger partial charge < -0.3 is 19.9 Å². The van der Waals surface area contributed by atoms with Crippen LogP contribution in [0.4, 0.5) is 5.69 Å². The molecule has 4 heterocycles. The molecule has 0 bridgehead atoms. The molecule has 0 atom stereocenters. The van der Waals surface area contributed by atoms with Gasteiger partial charge in [-0.25, -0.2) is 15.0 Å². The van der Waals surface area contributed by atoms with Gasteiger partial charge in [-0.15, -0.1) is 0 Å². The van der Waals surface area contributed by atoms with Crippen LogP contribution in [0.1, 0.15) is 21.7 Å². The first-order valence-corrected chi connectivity index (χ1v) is 11.1. The first-order chi connectivity index (χ1) is 16.2. The van der Waals surface area contributed by atoms with Gasteiger partial charge in [0.1, 0.15) is 5.65 Å². The van der Waals surface area contributed by atoms with E-state index in [1.54, 1.807) is 12.4 Å². The van der Waals surface area contributed by atoms with Crippen LogP contribution in [0, 0.1) is 6.92 Å². The summed E-state index contributed by atoms with van der Waals surface area (Å²) in [5.41, 5.74) is 6.10. The van der Waals surface area contributed by atoms with Crippen molar-refractivity contribution in [2.75, 3.05) is 37.7 Å². The van der Waals surface area contributed by atoms with Crippen molar-refractivity contribution in [3.63, 3.8) is 0 Å². The molecular weight excluding hydrogens is 416 g/mol. The van der Waals surface area contributed by atoms with E-state index in [2.05, 4.69) is 55.3 Å². The molecular formula is C25H26N6O2. The summed E-state index contributed by atoms with van der Waals surface area (Å²) in [6.07, 6.45) is 7.93. The Morgan fingerprint density at radius 1 is 1.12 bits per heavy atom. The van der Waals surface area contributed by atoms with Gasteiger partial charge in [0.05, 0.1) is 25.1 Å². The molecule has 0 aliphatic carbocycles. The molecule has 3 aromatic heterocycles. The number of nitrogens with one attached hydrogen (secondary N) is 2. The number of ether oxygens (including phenoxy) is 1. The van der Waals surface area contributed by atoms with Crippen LogP contribution < -0.4 is 10.2 Å². The minimum absolute atomic E-state index is 0.163. The summed E-state index contributed by atoms with van der Waals surface area (Å²) in [6, 6.07) is 10.3. The Kier molecular flexibility index (Phi) is 5.99. The number of rotatable bonds is 6. The molecule has 8 nitrogen and oxygen atoms in total. The van der Waals surface area contributed by atoms with Crippen LogP contribution in [0.3, 0.4) is 0 Å². The van der Waals surface area contributed by atoms with E-state index in [1.807, 2.05) is 24.5 Å². The largest absolute Gasteiger partial charge is 0.378 e. The smallest absolute Gasteiger partial charge is 0.289 e. The van der Waals surface area contributed by atoms with Gasteiger partial charge in [0, 0.05) is 54.7 Å². The van der Waals surface area contributed by atoms with Crippen molar-refractivity contribution in [2.45, 2.75) is 13.3 Å². The lowest BCUT2D eigenvalue weighted by molar-refractivity contribution is 0.0943. The quantitative estimate of drug-likeness (QED) is 0.476. The number of morpholine rings is 1. The molecule has 2 N–H and O–H groups in total. The molecule has 5 rings (SSSR count). The van der Waals surface area contributed by atoms with E-state index in [4.69, 9.17) is 4.74 Å². The lowest BCUT2D eigenvalue weighted by Gasteiger charge is -2.28. The Morgan fingerprint density at radius 2 is 1.91 bits per heavy atom. The van der Waals surface area contributed by atoms with Gasteiger partial charge in [0.2, 0.25) is 5.82 Å². The number of fused-ring (bicyclic) bond motifs is 1. The maximum atomic E-state index is 12.5. The number of aryl methyl sites for hydroxylation is 1. The molecule has 1 amide bonds. The van der Waals surface area contributed by atoms with E-state index in [-0.39, 0.29) is 11.7 Å². The van der Waals surface area contributed by atoms with E-state index in [1.165, 1.54) is 11.1 Å². The van der Waals surface area contributed by atoms with E-state index in [0.717, 1.165) is 60.6 Å². The third kappa shape index (κ3) is 4.56. The molecule has 1 saturated heterocycles. The topological polar surface area (TPSA) is 96.0 Å². The molecule has 33 heavy (non-hydrogen) atoms. The van der Waals surface area contributed by atoms with Crippen LogP contribution in [0.5, 0.6) is 0 Å². The summed E-state index contributed by atoms with van der Waals surface area (Å²) < 4.78 is 5.45. The number of amides is 1. The van der Waals surface area contributed by atoms with Crippen LogP contribution in [0.25, 0.3) is 22.2 Å². The van der Waals surface area contributed by atoms with Crippen molar-refractivity contribution in [2.24, 2.45) is 0 Å². The average molecular weight is 443 g/mol. The van der Waals surface area contributed by atoms with Gasteiger partial charge in [-0.1, -0.05) is 24.3 Å². The van der Waals surface area contributed by atoms with Crippen molar-refractivity contribution in [1.82, 2.24) is 25.3 Å². The second-order valence-electron chi connectivity index (χ2n) is 8.12. The summed E-state index contributed by atoms with van der Waals surface area (Å²) in [6.45, 7) is 5.75. The van der Waals surface area contributed by atoms with Crippen LogP contribution >= 0.6 is 0 Å². The number of benzene rings is 1. The molecule has 0 saturated carbocycles.